The number of carboxylic acid groups (broad SMARTS) is 1. The number of hydrogen-bond donors (Lipinski definition) is 1. The maximum atomic E-state index is 11.4. The molecule has 1 N–H and O–H groups in total. The fourth-order valence-electron chi connectivity index (χ4n) is 2.83. The van der Waals surface area contributed by atoms with Crippen LogP contribution in [0.1, 0.15) is 28.8 Å². The maximum Gasteiger partial charge on any atom is 0.337 e. The number of para-hydroxylation sites is 2. The van der Waals surface area contributed by atoms with Crippen molar-refractivity contribution in [1.82, 2.24) is 0 Å². The number of carboxylic acids is 1. The first kappa shape index (κ1) is 12.7. The second-order valence-electron chi connectivity index (χ2n) is 5.06. The Morgan fingerprint density at radius 1 is 0.950 bits per heavy atom. The molecule has 2 aromatic carbocycles. The van der Waals surface area contributed by atoms with E-state index in [0.717, 1.165) is 37.2 Å². The van der Waals surface area contributed by atoms with Crippen molar-refractivity contribution in [3.05, 3.63) is 59.7 Å². The van der Waals surface area contributed by atoms with E-state index in [4.69, 9.17) is 0 Å². The Bertz CT molecular complexity index is 636. The first-order chi connectivity index (χ1) is 9.77. The van der Waals surface area contributed by atoms with E-state index in [-0.39, 0.29) is 0 Å². The number of rotatable bonds is 2. The number of benzene rings is 2. The zero-order chi connectivity index (χ0) is 13.9. The van der Waals surface area contributed by atoms with Gasteiger partial charge in [0.1, 0.15) is 0 Å². The smallest absolute Gasteiger partial charge is 0.337 e. The molecule has 20 heavy (non-hydrogen) atoms. The van der Waals surface area contributed by atoms with Crippen LogP contribution in [-0.2, 0) is 6.42 Å². The van der Waals surface area contributed by atoms with Gasteiger partial charge in [0.25, 0.3) is 0 Å². The van der Waals surface area contributed by atoms with E-state index >= 15 is 0 Å². The average Bonchev–Trinajstić information content (AvgIpc) is 2.69. The van der Waals surface area contributed by atoms with E-state index in [9.17, 15) is 9.90 Å². The van der Waals surface area contributed by atoms with E-state index in [1.165, 1.54) is 5.56 Å². The van der Waals surface area contributed by atoms with Gasteiger partial charge in [-0.15, -0.1) is 0 Å². The number of hydrogen-bond acceptors (Lipinski definition) is 2. The monoisotopic (exact) mass is 267 g/mol. The zero-order valence-corrected chi connectivity index (χ0v) is 11.2. The summed E-state index contributed by atoms with van der Waals surface area (Å²) in [5.41, 5.74) is 3.59. The molecule has 0 amide bonds. The third kappa shape index (κ3) is 2.27. The lowest BCUT2D eigenvalue weighted by Gasteiger charge is -2.26. The van der Waals surface area contributed by atoms with E-state index in [2.05, 4.69) is 17.0 Å². The number of fused-ring (bicyclic) bond motifs is 1. The van der Waals surface area contributed by atoms with Crippen LogP contribution in [0.25, 0.3) is 0 Å². The average molecular weight is 267 g/mol. The van der Waals surface area contributed by atoms with E-state index in [1.807, 2.05) is 24.3 Å². The standard InChI is InChI=1S/C17H17NO2/c19-17(20)14-9-2-4-11-16(14)18-12-6-5-8-13-7-1-3-10-15(13)18/h1-4,7,9-11H,5-6,8,12H2,(H,19,20). The summed E-state index contributed by atoms with van der Waals surface area (Å²) in [6.07, 6.45) is 3.27. The van der Waals surface area contributed by atoms with Gasteiger partial charge in [-0.2, -0.15) is 0 Å². The Morgan fingerprint density at radius 2 is 1.65 bits per heavy atom. The highest BCUT2D eigenvalue weighted by atomic mass is 16.4. The number of carbonyl (C=O) groups is 1. The van der Waals surface area contributed by atoms with Crippen molar-refractivity contribution >= 4 is 17.3 Å². The summed E-state index contributed by atoms with van der Waals surface area (Å²) >= 11 is 0. The topological polar surface area (TPSA) is 40.5 Å². The van der Waals surface area contributed by atoms with Crippen LogP contribution < -0.4 is 4.90 Å². The Hall–Kier alpha value is -2.29. The van der Waals surface area contributed by atoms with Crippen LogP contribution >= 0.6 is 0 Å². The number of aryl methyl sites for hydroxylation is 1. The van der Waals surface area contributed by atoms with Gasteiger partial charge in [0.2, 0.25) is 0 Å². The van der Waals surface area contributed by atoms with Gasteiger partial charge in [-0.25, -0.2) is 4.79 Å². The second-order valence-corrected chi connectivity index (χ2v) is 5.06. The summed E-state index contributed by atoms with van der Waals surface area (Å²) in [5.74, 6) is -0.873. The van der Waals surface area contributed by atoms with Crippen molar-refractivity contribution in [2.75, 3.05) is 11.4 Å². The molecule has 3 nitrogen and oxygen atoms in total. The molecule has 0 spiro atoms. The Morgan fingerprint density at radius 3 is 2.45 bits per heavy atom. The highest BCUT2D eigenvalue weighted by Gasteiger charge is 2.20. The maximum absolute atomic E-state index is 11.4. The Balaban J connectivity index is 2.13. The highest BCUT2D eigenvalue weighted by molar-refractivity contribution is 5.95. The molecule has 0 unspecified atom stereocenters. The molecule has 0 radical (unpaired) electrons. The second kappa shape index (κ2) is 5.37. The predicted molar refractivity (Wildman–Crippen MR) is 79.8 cm³/mol. The van der Waals surface area contributed by atoms with E-state index < -0.39 is 5.97 Å². The molecule has 0 saturated carbocycles. The first-order valence-electron chi connectivity index (χ1n) is 6.95. The lowest BCUT2D eigenvalue weighted by atomic mass is 10.1. The number of anilines is 2. The molecule has 0 saturated heterocycles. The minimum atomic E-state index is -0.873. The minimum Gasteiger partial charge on any atom is -0.478 e. The Kier molecular flexibility index (Phi) is 3.42. The van der Waals surface area contributed by atoms with Crippen LogP contribution in [0.5, 0.6) is 0 Å². The summed E-state index contributed by atoms with van der Waals surface area (Å²) in [6, 6.07) is 15.5. The third-order valence-electron chi connectivity index (χ3n) is 3.79. The van der Waals surface area contributed by atoms with Gasteiger partial charge in [-0.1, -0.05) is 30.3 Å². The van der Waals surface area contributed by atoms with Gasteiger partial charge < -0.3 is 10.0 Å². The first-order valence-corrected chi connectivity index (χ1v) is 6.95. The largest absolute Gasteiger partial charge is 0.478 e. The number of aromatic carboxylic acids is 1. The molecule has 102 valence electrons. The van der Waals surface area contributed by atoms with Gasteiger partial charge in [-0.05, 0) is 43.0 Å². The van der Waals surface area contributed by atoms with Gasteiger partial charge in [0.05, 0.1) is 11.3 Å². The number of nitrogens with zero attached hydrogens (tertiary/aromatic N) is 1. The molecule has 0 aliphatic carbocycles. The SMILES string of the molecule is O=C(O)c1ccccc1N1CCCCc2ccccc21. The molecule has 3 rings (SSSR count). The molecule has 0 aromatic heterocycles. The lowest BCUT2D eigenvalue weighted by molar-refractivity contribution is 0.0697. The molecule has 0 atom stereocenters. The van der Waals surface area contributed by atoms with Crippen LogP contribution in [0, 0.1) is 0 Å². The molecule has 3 heteroatoms. The molecular formula is C17H17NO2. The van der Waals surface area contributed by atoms with Crippen LogP contribution in [0.3, 0.4) is 0 Å². The van der Waals surface area contributed by atoms with Crippen molar-refractivity contribution in [3.63, 3.8) is 0 Å². The van der Waals surface area contributed by atoms with Gasteiger partial charge in [-0.3, -0.25) is 0 Å². The Labute approximate surface area is 118 Å². The molecular weight excluding hydrogens is 250 g/mol. The normalized spacial score (nSPS) is 14.5. The highest BCUT2D eigenvalue weighted by Crippen LogP contribution is 2.34. The summed E-state index contributed by atoms with van der Waals surface area (Å²) < 4.78 is 0. The molecule has 2 aromatic rings. The van der Waals surface area contributed by atoms with Gasteiger partial charge in [0, 0.05) is 12.2 Å². The van der Waals surface area contributed by atoms with Crippen LogP contribution in [0.15, 0.2) is 48.5 Å². The fourth-order valence-corrected chi connectivity index (χ4v) is 2.83. The summed E-state index contributed by atoms with van der Waals surface area (Å²) in [5, 5.41) is 9.39. The summed E-state index contributed by atoms with van der Waals surface area (Å²) in [4.78, 5) is 13.6. The van der Waals surface area contributed by atoms with E-state index in [1.54, 1.807) is 12.1 Å². The van der Waals surface area contributed by atoms with Crippen molar-refractivity contribution in [2.24, 2.45) is 0 Å². The summed E-state index contributed by atoms with van der Waals surface area (Å²) in [7, 11) is 0. The van der Waals surface area contributed by atoms with E-state index in [0.29, 0.717) is 5.56 Å². The van der Waals surface area contributed by atoms with Crippen LogP contribution in [0.4, 0.5) is 11.4 Å². The van der Waals surface area contributed by atoms with Crippen LogP contribution in [0.2, 0.25) is 0 Å². The molecule has 1 aliphatic rings. The fraction of sp³-hybridized carbons (Fsp3) is 0.235. The summed E-state index contributed by atoms with van der Waals surface area (Å²) in [6.45, 7) is 0.862. The van der Waals surface area contributed by atoms with Crippen molar-refractivity contribution in [3.8, 4) is 0 Å². The van der Waals surface area contributed by atoms with Crippen LogP contribution in [-0.4, -0.2) is 17.6 Å². The quantitative estimate of drug-likeness (QED) is 0.898. The molecule has 1 heterocycles. The molecule has 1 aliphatic heterocycles. The van der Waals surface area contributed by atoms with Crippen molar-refractivity contribution < 1.29 is 9.90 Å². The molecule has 0 fully saturated rings. The van der Waals surface area contributed by atoms with Crippen molar-refractivity contribution in [2.45, 2.75) is 19.3 Å². The zero-order valence-electron chi connectivity index (χ0n) is 11.2. The van der Waals surface area contributed by atoms with Crippen molar-refractivity contribution in [1.29, 1.82) is 0 Å². The van der Waals surface area contributed by atoms with Gasteiger partial charge in [0.15, 0.2) is 0 Å². The molecule has 0 bridgehead atoms. The third-order valence-corrected chi connectivity index (χ3v) is 3.79. The predicted octanol–water partition coefficient (Wildman–Crippen LogP) is 3.86. The lowest BCUT2D eigenvalue weighted by Crippen LogP contribution is -2.20. The van der Waals surface area contributed by atoms with Gasteiger partial charge >= 0.3 is 5.97 Å². The minimum absolute atomic E-state index is 0.365.